The molecule has 1 unspecified atom stereocenters. The number of halogens is 2. The zero-order valence-electron chi connectivity index (χ0n) is 20.7. The molecule has 12 heteroatoms. The standard InChI is InChI=1S/C26H27F2N5O4S/c1-29-32-23(8-5-16-3-4-16)38-15-31-26(35)18-7-6-17(33-9-10-37-14-24(33)34)11-19(18)20-12-21(25(27)28)30-13-22(20)36-2/h6-7,11-13,16,23,25,32H,1,3-4,9-10,14-15H2,2H3,(H,31,35). The third kappa shape index (κ3) is 6.79. The third-order valence-electron chi connectivity index (χ3n) is 5.85. The highest BCUT2D eigenvalue weighted by Crippen LogP contribution is 2.37. The second-order valence-electron chi connectivity index (χ2n) is 8.49. The van der Waals surface area contributed by atoms with Crippen molar-refractivity contribution in [3.05, 3.63) is 41.7 Å². The predicted molar refractivity (Wildman–Crippen MR) is 141 cm³/mol. The third-order valence-corrected chi connectivity index (χ3v) is 6.72. The molecular weight excluding hydrogens is 516 g/mol. The van der Waals surface area contributed by atoms with Crippen molar-refractivity contribution < 1.29 is 27.8 Å². The summed E-state index contributed by atoms with van der Waals surface area (Å²) in [6.45, 7) is 4.04. The van der Waals surface area contributed by atoms with Gasteiger partial charge in [0, 0.05) is 41.6 Å². The number of methoxy groups -OCH3 is 1. The summed E-state index contributed by atoms with van der Waals surface area (Å²) in [5, 5.41) is 6.17. The van der Waals surface area contributed by atoms with Crippen LogP contribution in [-0.2, 0) is 9.53 Å². The van der Waals surface area contributed by atoms with Crippen molar-refractivity contribution in [1.82, 2.24) is 15.7 Å². The Labute approximate surface area is 223 Å². The number of thioether (sulfide) groups is 1. The van der Waals surface area contributed by atoms with E-state index in [1.807, 2.05) is 0 Å². The molecule has 2 fully saturated rings. The fourth-order valence-corrected chi connectivity index (χ4v) is 4.45. The number of carbonyl (C=O) groups is 2. The molecule has 1 atom stereocenters. The number of morpholine rings is 1. The number of pyridine rings is 1. The number of rotatable bonds is 10. The summed E-state index contributed by atoms with van der Waals surface area (Å²) in [7, 11) is 1.39. The van der Waals surface area contributed by atoms with Gasteiger partial charge in [-0.1, -0.05) is 11.8 Å². The minimum absolute atomic E-state index is 0.0681. The number of nitrogens with one attached hydrogen (secondary N) is 2. The number of aromatic nitrogens is 1. The fourth-order valence-electron chi connectivity index (χ4n) is 3.76. The van der Waals surface area contributed by atoms with Gasteiger partial charge >= 0.3 is 0 Å². The zero-order valence-corrected chi connectivity index (χ0v) is 21.5. The molecule has 0 spiro atoms. The van der Waals surface area contributed by atoms with Crippen LogP contribution in [0.25, 0.3) is 11.1 Å². The molecule has 1 saturated heterocycles. The number of anilines is 1. The predicted octanol–water partition coefficient (Wildman–Crippen LogP) is 3.42. The lowest BCUT2D eigenvalue weighted by Crippen LogP contribution is -2.41. The summed E-state index contributed by atoms with van der Waals surface area (Å²) in [6, 6.07) is 6.01. The molecule has 1 aliphatic heterocycles. The van der Waals surface area contributed by atoms with Gasteiger partial charge in [0.05, 0.1) is 25.8 Å². The molecule has 38 heavy (non-hydrogen) atoms. The van der Waals surface area contributed by atoms with E-state index in [0.29, 0.717) is 30.3 Å². The maximum atomic E-state index is 13.5. The van der Waals surface area contributed by atoms with Crippen molar-refractivity contribution >= 4 is 36.0 Å². The van der Waals surface area contributed by atoms with E-state index in [1.54, 1.807) is 18.2 Å². The molecule has 200 valence electrons. The van der Waals surface area contributed by atoms with Crippen LogP contribution in [0.1, 0.15) is 35.3 Å². The van der Waals surface area contributed by atoms with E-state index < -0.39 is 18.0 Å². The Kier molecular flexibility index (Phi) is 9.15. The molecule has 2 aromatic rings. The molecular formula is C26H27F2N5O4S. The Balaban J connectivity index is 1.64. The summed E-state index contributed by atoms with van der Waals surface area (Å²) in [5.41, 5.74) is 3.64. The van der Waals surface area contributed by atoms with Crippen molar-refractivity contribution in [3.63, 3.8) is 0 Å². The van der Waals surface area contributed by atoms with Crippen LogP contribution in [-0.4, -0.2) is 61.6 Å². The summed E-state index contributed by atoms with van der Waals surface area (Å²) in [6.07, 6.45) is 0.543. The highest BCUT2D eigenvalue weighted by molar-refractivity contribution is 8.00. The first-order valence-electron chi connectivity index (χ1n) is 11.9. The SMILES string of the molecule is C=NNC(C#CC1CC1)SCNC(=O)c1ccc(N2CCOCC2=O)cc1-c1cc(C(F)F)ncc1OC. The van der Waals surface area contributed by atoms with Crippen molar-refractivity contribution in [2.45, 2.75) is 24.6 Å². The molecule has 1 saturated carbocycles. The molecule has 2 aliphatic rings. The molecule has 0 bridgehead atoms. The Morgan fingerprint density at radius 2 is 2.18 bits per heavy atom. The summed E-state index contributed by atoms with van der Waals surface area (Å²) >= 11 is 1.33. The van der Waals surface area contributed by atoms with E-state index in [9.17, 15) is 18.4 Å². The van der Waals surface area contributed by atoms with E-state index in [4.69, 9.17) is 9.47 Å². The van der Waals surface area contributed by atoms with E-state index in [1.165, 1.54) is 36.0 Å². The van der Waals surface area contributed by atoms with E-state index >= 15 is 0 Å². The van der Waals surface area contributed by atoms with Crippen LogP contribution >= 0.6 is 11.8 Å². The number of hydrazone groups is 1. The number of nitrogens with zero attached hydrogens (tertiary/aromatic N) is 3. The second-order valence-corrected chi connectivity index (χ2v) is 9.58. The van der Waals surface area contributed by atoms with Gasteiger partial charge in [-0.15, -0.1) is 11.8 Å². The fraction of sp³-hybridized carbons (Fsp3) is 0.385. The molecule has 9 nitrogen and oxygen atoms in total. The lowest BCUT2D eigenvalue weighted by Gasteiger charge is -2.27. The van der Waals surface area contributed by atoms with E-state index in [0.717, 1.165) is 12.8 Å². The van der Waals surface area contributed by atoms with Crippen molar-refractivity contribution in [1.29, 1.82) is 0 Å². The number of amides is 2. The number of alkyl halides is 2. The Bertz CT molecular complexity index is 1260. The van der Waals surface area contributed by atoms with Crippen LogP contribution in [0, 0.1) is 17.8 Å². The first kappa shape index (κ1) is 27.3. The number of hydrogen-bond donors (Lipinski definition) is 2. The van der Waals surface area contributed by atoms with Crippen LogP contribution in [0.5, 0.6) is 5.75 Å². The normalized spacial score (nSPS) is 15.9. The number of carbonyl (C=O) groups excluding carboxylic acids is 2. The maximum absolute atomic E-state index is 13.5. The van der Waals surface area contributed by atoms with E-state index in [2.05, 4.69) is 39.4 Å². The van der Waals surface area contributed by atoms with Crippen LogP contribution in [0.2, 0.25) is 0 Å². The van der Waals surface area contributed by atoms with Gasteiger partial charge < -0.3 is 19.7 Å². The van der Waals surface area contributed by atoms with E-state index in [-0.39, 0.29) is 40.6 Å². The van der Waals surface area contributed by atoms with Gasteiger partial charge in [-0.2, -0.15) is 5.10 Å². The van der Waals surface area contributed by atoms with Crippen LogP contribution < -0.4 is 20.4 Å². The van der Waals surface area contributed by atoms with Crippen LogP contribution in [0.3, 0.4) is 0 Å². The lowest BCUT2D eigenvalue weighted by atomic mass is 9.97. The van der Waals surface area contributed by atoms with Crippen LogP contribution in [0.4, 0.5) is 14.5 Å². The van der Waals surface area contributed by atoms with Crippen molar-refractivity contribution in [2.75, 3.05) is 37.6 Å². The largest absolute Gasteiger partial charge is 0.494 e. The average molecular weight is 544 g/mol. The number of hydrogen-bond acceptors (Lipinski definition) is 8. The van der Waals surface area contributed by atoms with Gasteiger partial charge in [-0.25, -0.2) is 8.78 Å². The molecule has 2 N–H and O–H groups in total. The maximum Gasteiger partial charge on any atom is 0.280 e. The second kappa shape index (κ2) is 12.7. The molecule has 4 rings (SSSR count). The Morgan fingerprint density at radius 3 is 2.87 bits per heavy atom. The molecule has 2 amide bonds. The zero-order chi connectivity index (χ0) is 27.1. The van der Waals surface area contributed by atoms with Gasteiger partial charge in [0.2, 0.25) is 0 Å². The highest BCUT2D eigenvalue weighted by atomic mass is 32.2. The van der Waals surface area contributed by atoms with Gasteiger partial charge in [0.25, 0.3) is 18.2 Å². The summed E-state index contributed by atoms with van der Waals surface area (Å²) in [4.78, 5) is 31.0. The highest BCUT2D eigenvalue weighted by Gasteiger charge is 2.25. The molecule has 0 radical (unpaired) electrons. The Morgan fingerprint density at radius 1 is 1.37 bits per heavy atom. The average Bonchev–Trinajstić information content (AvgIpc) is 3.76. The van der Waals surface area contributed by atoms with Gasteiger partial charge in [0.15, 0.2) is 5.37 Å². The first-order chi connectivity index (χ1) is 18.4. The van der Waals surface area contributed by atoms with Crippen LogP contribution in [0.15, 0.2) is 35.6 Å². The Hall–Kier alpha value is -3.69. The topological polar surface area (TPSA) is 105 Å². The van der Waals surface area contributed by atoms with Crippen molar-refractivity contribution in [2.24, 2.45) is 11.0 Å². The molecule has 1 aromatic carbocycles. The van der Waals surface area contributed by atoms with Gasteiger partial charge in [0.1, 0.15) is 18.1 Å². The van der Waals surface area contributed by atoms with Gasteiger partial charge in [-0.05, 0) is 37.1 Å². The summed E-state index contributed by atoms with van der Waals surface area (Å²) in [5.74, 6) is 6.38. The summed E-state index contributed by atoms with van der Waals surface area (Å²) < 4.78 is 37.6. The van der Waals surface area contributed by atoms with Gasteiger partial charge in [-0.3, -0.25) is 20.0 Å². The lowest BCUT2D eigenvalue weighted by molar-refractivity contribution is -0.125. The number of benzene rings is 1. The first-order valence-corrected chi connectivity index (χ1v) is 12.9. The monoisotopic (exact) mass is 543 g/mol. The minimum Gasteiger partial charge on any atom is -0.494 e. The smallest absolute Gasteiger partial charge is 0.280 e. The molecule has 2 heterocycles. The van der Waals surface area contributed by atoms with Crippen molar-refractivity contribution in [3.8, 4) is 28.7 Å². The quantitative estimate of drug-likeness (QED) is 0.205. The molecule has 1 aromatic heterocycles. The number of ether oxygens (including phenoxy) is 2. The molecule has 1 aliphatic carbocycles. The minimum atomic E-state index is -2.82.